The fraction of sp³-hybridized carbons (Fsp3) is 0.542. The molecule has 0 saturated carbocycles. The molecular weight excluding hydrogens is 392 g/mol. The maximum atomic E-state index is 6.96. The standard InChI is InChI=1S/C24H34N2O3Si/c1-15-13-25-21(20-19(15)16-11-9-10-12-17(16)26-20)22(18-14-27-24(5,6)28-18)29-30(7,8)23(2,3)4/h9-13,18,22,26H,14H2,1-8H3/t18-,22?/m0/s1. The van der Waals surface area contributed by atoms with E-state index < -0.39 is 14.1 Å². The summed E-state index contributed by atoms with van der Waals surface area (Å²) in [6.45, 7) is 17.8. The van der Waals surface area contributed by atoms with Crippen LogP contribution in [0.2, 0.25) is 18.1 Å². The maximum Gasteiger partial charge on any atom is 0.193 e. The third kappa shape index (κ3) is 3.71. The lowest BCUT2D eigenvalue weighted by Crippen LogP contribution is -2.44. The van der Waals surface area contributed by atoms with Crippen molar-refractivity contribution in [1.29, 1.82) is 0 Å². The van der Waals surface area contributed by atoms with Gasteiger partial charge in [-0.3, -0.25) is 4.98 Å². The Hall–Kier alpha value is -1.73. The Morgan fingerprint density at radius 2 is 1.93 bits per heavy atom. The predicted octanol–water partition coefficient (Wildman–Crippen LogP) is 6.24. The first-order chi connectivity index (χ1) is 13.9. The normalized spacial score (nSPS) is 20.9. The Bertz CT molecular complexity index is 1080. The van der Waals surface area contributed by atoms with Crippen molar-refractivity contribution in [2.75, 3.05) is 6.61 Å². The van der Waals surface area contributed by atoms with Crippen molar-refractivity contribution in [3.63, 3.8) is 0 Å². The van der Waals surface area contributed by atoms with Crippen LogP contribution in [0.3, 0.4) is 0 Å². The lowest BCUT2D eigenvalue weighted by molar-refractivity contribution is -0.150. The molecule has 1 saturated heterocycles. The molecule has 162 valence electrons. The van der Waals surface area contributed by atoms with Gasteiger partial charge < -0.3 is 18.9 Å². The zero-order valence-electron chi connectivity index (χ0n) is 19.4. The molecule has 0 aliphatic carbocycles. The second-order valence-corrected chi connectivity index (χ2v) is 15.2. The van der Waals surface area contributed by atoms with Crippen LogP contribution in [0.15, 0.2) is 30.5 Å². The average molecular weight is 427 g/mol. The van der Waals surface area contributed by atoms with Gasteiger partial charge in [-0.05, 0) is 50.5 Å². The number of benzene rings is 1. The van der Waals surface area contributed by atoms with Gasteiger partial charge in [-0.15, -0.1) is 0 Å². The van der Waals surface area contributed by atoms with E-state index in [-0.39, 0.29) is 17.2 Å². The van der Waals surface area contributed by atoms with Crippen molar-refractivity contribution in [1.82, 2.24) is 9.97 Å². The third-order valence-corrected chi connectivity index (χ3v) is 11.1. The van der Waals surface area contributed by atoms with Crippen molar-refractivity contribution < 1.29 is 13.9 Å². The summed E-state index contributed by atoms with van der Waals surface area (Å²) < 4.78 is 19.2. The van der Waals surface area contributed by atoms with Crippen LogP contribution in [0.1, 0.15) is 52.0 Å². The van der Waals surface area contributed by atoms with E-state index in [0.717, 1.165) is 22.3 Å². The third-order valence-electron chi connectivity index (χ3n) is 6.62. The Labute approximate surface area is 180 Å². The molecule has 0 bridgehead atoms. The van der Waals surface area contributed by atoms with Crippen LogP contribution in [0, 0.1) is 6.92 Å². The summed E-state index contributed by atoms with van der Waals surface area (Å²) >= 11 is 0. The van der Waals surface area contributed by atoms with E-state index >= 15 is 0 Å². The molecule has 0 spiro atoms. The quantitative estimate of drug-likeness (QED) is 0.502. The molecule has 4 rings (SSSR count). The van der Waals surface area contributed by atoms with Crippen molar-refractivity contribution in [3.05, 3.63) is 41.7 Å². The van der Waals surface area contributed by atoms with Crippen LogP contribution >= 0.6 is 0 Å². The van der Waals surface area contributed by atoms with Crippen molar-refractivity contribution >= 4 is 30.1 Å². The molecule has 30 heavy (non-hydrogen) atoms. The monoisotopic (exact) mass is 426 g/mol. The number of ether oxygens (including phenoxy) is 2. The van der Waals surface area contributed by atoms with E-state index in [9.17, 15) is 0 Å². The highest BCUT2D eigenvalue weighted by Crippen LogP contribution is 2.44. The summed E-state index contributed by atoms with van der Waals surface area (Å²) in [6, 6.07) is 8.41. The number of aromatic amines is 1. The molecule has 0 radical (unpaired) electrons. The Balaban J connectivity index is 1.89. The number of pyridine rings is 1. The summed E-state index contributed by atoms with van der Waals surface area (Å²) in [5.74, 6) is -0.621. The number of hydrogen-bond acceptors (Lipinski definition) is 4. The molecule has 1 N–H and O–H groups in total. The van der Waals surface area contributed by atoms with Crippen molar-refractivity contribution in [2.24, 2.45) is 0 Å². The number of aromatic nitrogens is 2. The van der Waals surface area contributed by atoms with Crippen LogP contribution in [-0.2, 0) is 13.9 Å². The summed E-state index contributed by atoms with van der Waals surface area (Å²) in [4.78, 5) is 8.50. The second kappa shape index (κ2) is 7.16. The van der Waals surface area contributed by atoms with Crippen molar-refractivity contribution in [3.8, 4) is 0 Å². The minimum atomic E-state index is -2.09. The molecule has 1 fully saturated rings. The van der Waals surface area contributed by atoms with Gasteiger partial charge in [0, 0.05) is 22.5 Å². The van der Waals surface area contributed by atoms with E-state index in [1.807, 2.05) is 20.0 Å². The highest BCUT2D eigenvalue weighted by molar-refractivity contribution is 6.74. The minimum Gasteiger partial charge on any atom is -0.405 e. The first-order valence-electron chi connectivity index (χ1n) is 10.8. The second-order valence-electron chi connectivity index (χ2n) is 10.4. The predicted molar refractivity (Wildman–Crippen MR) is 124 cm³/mol. The van der Waals surface area contributed by atoms with Gasteiger partial charge in [-0.25, -0.2) is 0 Å². The van der Waals surface area contributed by atoms with Crippen LogP contribution in [0.25, 0.3) is 21.8 Å². The summed E-state index contributed by atoms with van der Waals surface area (Å²) in [6.07, 6.45) is 1.45. The topological polar surface area (TPSA) is 56.4 Å². The molecule has 6 heteroatoms. The maximum absolute atomic E-state index is 6.96. The Morgan fingerprint density at radius 3 is 2.57 bits per heavy atom. The molecule has 2 aromatic heterocycles. The number of nitrogens with zero attached hydrogens (tertiary/aromatic N) is 1. The number of fused-ring (bicyclic) bond motifs is 3. The Kier molecular flexibility index (Phi) is 5.13. The van der Waals surface area contributed by atoms with Gasteiger partial charge in [-0.1, -0.05) is 39.0 Å². The van der Waals surface area contributed by atoms with E-state index in [1.165, 1.54) is 10.8 Å². The van der Waals surface area contributed by atoms with Gasteiger partial charge in [0.05, 0.1) is 17.8 Å². The SMILES string of the molecule is Cc1cnc(C(O[Si](C)(C)C(C)(C)C)[C@@H]2COC(C)(C)O2)c2[nH]c3ccccc3c12. The van der Waals surface area contributed by atoms with Gasteiger partial charge in [-0.2, -0.15) is 0 Å². The number of nitrogens with one attached hydrogen (secondary N) is 1. The van der Waals surface area contributed by atoms with Crippen molar-refractivity contribution in [2.45, 2.75) is 77.7 Å². The number of hydrogen-bond donors (Lipinski definition) is 1. The highest BCUT2D eigenvalue weighted by atomic mass is 28.4. The van der Waals surface area contributed by atoms with Crippen LogP contribution in [-0.4, -0.2) is 36.8 Å². The van der Waals surface area contributed by atoms with E-state index in [4.69, 9.17) is 18.9 Å². The van der Waals surface area contributed by atoms with Gasteiger partial charge in [0.25, 0.3) is 0 Å². The summed E-state index contributed by atoms with van der Waals surface area (Å²) in [5.41, 5.74) is 4.21. The zero-order valence-corrected chi connectivity index (χ0v) is 20.4. The summed E-state index contributed by atoms with van der Waals surface area (Å²) in [7, 11) is -2.09. The smallest absolute Gasteiger partial charge is 0.193 e. The molecule has 5 nitrogen and oxygen atoms in total. The largest absolute Gasteiger partial charge is 0.405 e. The lowest BCUT2D eigenvalue weighted by atomic mass is 10.0. The fourth-order valence-electron chi connectivity index (χ4n) is 3.92. The number of H-pyrrole nitrogens is 1. The summed E-state index contributed by atoms with van der Waals surface area (Å²) in [5, 5.41) is 2.49. The van der Waals surface area contributed by atoms with E-state index in [2.05, 4.69) is 70.0 Å². The van der Waals surface area contributed by atoms with Crippen LogP contribution in [0.4, 0.5) is 0 Å². The number of rotatable bonds is 4. The number of aryl methyl sites for hydroxylation is 1. The molecule has 1 aliphatic heterocycles. The fourth-order valence-corrected chi connectivity index (χ4v) is 5.17. The Morgan fingerprint density at radius 1 is 1.23 bits per heavy atom. The molecule has 0 amide bonds. The van der Waals surface area contributed by atoms with E-state index in [0.29, 0.717) is 6.61 Å². The van der Waals surface area contributed by atoms with Gasteiger partial charge in [0.2, 0.25) is 0 Å². The molecular formula is C24H34N2O3Si. The lowest BCUT2D eigenvalue weighted by Gasteiger charge is -2.40. The first kappa shape index (κ1) is 21.5. The molecule has 1 unspecified atom stereocenters. The highest BCUT2D eigenvalue weighted by Gasteiger charge is 2.46. The zero-order chi connectivity index (χ0) is 21.9. The molecule has 1 aliphatic rings. The van der Waals surface area contributed by atoms with Gasteiger partial charge in [0.15, 0.2) is 14.1 Å². The number of para-hydroxylation sites is 1. The molecule has 3 heterocycles. The van der Waals surface area contributed by atoms with Crippen LogP contribution < -0.4 is 0 Å². The minimum absolute atomic E-state index is 0.0739. The van der Waals surface area contributed by atoms with Gasteiger partial charge >= 0.3 is 0 Å². The van der Waals surface area contributed by atoms with Crippen LogP contribution in [0.5, 0.6) is 0 Å². The first-order valence-corrected chi connectivity index (χ1v) is 13.7. The molecule has 1 aromatic carbocycles. The molecule has 3 aromatic rings. The van der Waals surface area contributed by atoms with Gasteiger partial charge in [0.1, 0.15) is 12.2 Å². The van der Waals surface area contributed by atoms with E-state index in [1.54, 1.807) is 0 Å². The molecule has 2 atom stereocenters. The average Bonchev–Trinajstić information content (AvgIpc) is 3.20.